The Labute approximate surface area is 207 Å². The fourth-order valence-electron chi connectivity index (χ4n) is 3.97. The first-order chi connectivity index (χ1) is 16.7. The van der Waals surface area contributed by atoms with E-state index in [-0.39, 0.29) is 29.2 Å². The lowest BCUT2D eigenvalue weighted by atomic mass is 9.87. The van der Waals surface area contributed by atoms with Crippen molar-refractivity contribution in [2.45, 2.75) is 58.7 Å². The van der Waals surface area contributed by atoms with Crippen LogP contribution in [0.5, 0.6) is 0 Å². The summed E-state index contributed by atoms with van der Waals surface area (Å²) in [7, 11) is 0. The molecule has 1 aliphatic heterocycles. The van der Waals surface area contributed by atoms with Crippen LogP contribution >= 0.6 is 0 Å². The summed E-state index contributed by atoms with van der Waals surface area (Å²) in [6.45, 7) is 5.44. The average Bonchev–Trinajstić information content (AvgIpc) is 2.80. The number of nitriles is 1. The van der Waals surface area contributed by atoms with E-state index in [1.54, 1.807) is 20.8 Å². The van der Waals surface area contributed by atoms with Gasteiger partial charge in [-0.1, -0.05) is 19.9 Å². The second-order valence-electron chi connectivity index (χ2n) is 8.81. The van der Waals surface area contributed by atoms with Gasteiger partial charge in [-0.2, -0.15) is 18.4 Å². The minimum Gasteiger partial charge on any atom is -0.398 e. The van der Waals surface area contributed by atoms with Gasteiger partial charge in [0.05, 0.1) is 35.4 Å². The maximum absolute atomic E-state index is 14.5. The van der Waals surface area contributed by atoms with E-state index >= 15 is 0 Å². The number of amides is 1. The number of nitrogens with two attached hydrogens (primary N) is 1. The third-order valence-electron chi connectivity index (χ3n) is 6.14. The number of carbonyl (C=O) groups is 1. The largest absolute Gasteiger partial charge is 0.417 e. The van der Waals surface area contributed by atoms with Crippen LogP contribution in [0.15, 0.2) is 46.2 Å². The number of likely N-dealkylation sites (tertiary alicyclic amines) is 1. The molecule has 0 bridgehead atoms. The Morgan fingerprint density at radius 1 is 1.39 bits per heavy atom. The van der Waals surface area contributed by atoms with Crippen molar-refractivity contribution < 1.29 is 26.7 Å². The molecule has 0 saturated carbocycles. The lowest BCUT2D eigenvalue weighted by Crippen LogP contribution is -2.58. The Bertz CT molecular complexity index is 1100. The summed E-state index contributed by atoms with van der Waals surface area (Å²) >= 11 is 0. The second-order valence-corrected chi connectivity index (χ2v) is 8.81. The second kappa shape index (κ2) is 11.5. The van der Waals surface area contributed by atoms with E-state index in [9.17, 15) is 26.7 Å². The number of alkyl halides is 5. The third kappa shape index (κ3) is 7.06. The summed E-state index contributed by atoms with van der Waals surface area (Å²) in [6.07, 6.45) is -2.96. The number of carbonyl (C=O) groups excluding carboxylic acids is 1. The van der Waals surface area contributed by atoms with Crippen LogP contribution in [0, 0.1) is 17.2 Å². The van der Waals surface area contributed by atoms with Gasteiger partial charge in [-0.05, 0) is 50.0 Å². The first-order valence-corrected chi connectivity index (χ1v) is 11.4. The molecule has 1 aliphatic rings. The normalized spacial score (nSPS) is 21.2. The van der Waals surface area contributed by atoms with Crippen LogP contribution in [0.1, 0.15) is 56.5 Å². The molecule has 6 nitrogen and oxygen atoms in total. The predicted octanol–water partition coefficient (Wildman–Crippen LogP) is 5.44. The molecule has 0 spiro atoms. The maximum Gasteiger partial charge on any atom is 0.417 e. The van der Waals surface area contributed by atoms with E-state index in [0.29, 0.717) is 18.2 Å². The van der Waals surface area contributed by atoms with Gasteiger partial charge in [-0.25, -0.2) is 13.8 Å². The zero-order valence-electron chi connectivity index (χ0n) is 20.6. The van der Waals surface area contributed by atoms with Crippen molar-refractivity contribution in [1.29, 1.82) is 5.26 Å². The standard InChI is InChI=1S/C25H30F5N5O/c1-5-15(3)22(33-12-18(6-2)25(28,29)30)34-13-21-16(4)10-24(26,27)14-35(21)23(36)19-9-17(11-31)7-8-20(19)32/h6-9,12,16,21,34H,5,10,13-14,32H2,1-4H3/b18-6+,22-15+,33-12-/t16?,21-/m1/s1. The molecule has 1 fully saturated rings. The number of benzene rings is 1. The molecule has 2 atom stereocenters. The number of piperidine rings is 1. The number of nitrogens with one attached hydrogen (secondary N) is 1. The molecule has 1 aromatic rings. The van der Waals surface area contributed by atoms with Gasteiger partial charge < -0.3 is 16.0 Å². The zero-order valence-corrected chi connectivity index (χ0v) is 20.6. The van der Waals surface area contributed by atoms with Crippen molar-refractivity contribution in [3.63, 3.8) is 0 Å². The van der Waals surface area contributed by atoms with Gasteiger partial charge in [0.25, 0.3) is 11.8 Å². The molecule has 0 aliphatic carbocycles. The topological polar surface area (TPSA) is 94.5 Å². The van der Waals surface area contributed by atoms with Crippen molar-refractivity contribution in [3.05, 3.63) is 52.4 Å². The Hall–Kier alpha value is -3.42. The van der Waals surface area contributed by atoms with Gasteiger partial charge >= 0.3 is 6.18 Å². The molecule has 0 aromatic heterocycles. The lowest BCUT2D eigenvalue weighted by molar-refractivity contribution is -0.0912. The molecule has 1 saturated heterocycles. The molecule has 1 heterocycles. The molecular weight excluding hydrogens is 481 g/mol. The lowest BCUT2D eigenvalue weighted by Gasteiger charge is -2.43. The molecule has 11 heteroatoms. The van der Waals surface area contributed by atoms with E-state index in [0.717, 1.165) is 11.0 Å². The van der Waals surface area contributed by atoms with Gasteiger partial charge in [0, 0.05) is 24.9 Å². The summed E-state index contributed by atoms with van der Waals surface area (Å²) in [4.78, 5) is 18.3. The highest BCUT2D eigenvalue weighted by Crippen LogP contribution is 2.35. The fourth-order valence-corrected chi connectivity index (χ4v) is 3.97. The summed E-state index contributed by atoms with van der Waals surface area (Å²) in [5.41, 5.74) is 5.77. The van der Waals surface area contributed by atoms with Crippen molar-refractivity contribution in [2.75, 3.05) is 18.8 Å². The highest BCUT2D eigenvalue weighted by molar-refractivity contribution is 5.99. The molecular formula is C25H30F5N5O. The summed E-state index contributed by atoms with van der Waals surface area (Å²) in [5.74, 6) is -4.38. The zero-order chi connectivity index (χ0) is 27.3. The fraction of sp³-hybridized carbons (Fsp3) is 0.480. The van der Waals surface area contributed by atoms with Gasteiger partial charge in [-0.15, -0.1) is 0 Å². The van der Waals surface area contributed by atoms with Gasteiger partial charge in [0.15, 0.2) is 0 Å². The number of nitrogen functional groups attached to an aromatic ring is 1. The van der Waals surface area contributed by atoms with Crippen molar-refractivity contribution in [2.24, 2.45) is 10.9 Å². The summed E-state index contributed by atoms with van der Waals surface area (Å²) in [5, 5.41) is 12.1. The van der Waals surface area contributed by atoms with Crippen LogP contribution in [0.4, 0.5) is 27.6 Å². The van der Waals surface area contributed by atoms with E-state index < -0.39 is 48.5 Å². The van der Waals surface area contributed by atoms with Crippen LogP contribution in [0.3, 0.4) is 0 Å². The van der Waals surface area contributed by atoms with Crippen LogP contribution in [0.2, 0.25) is 0 Å². The first kappa shape index (κ1) is 28.8. The Morgan fingerprint density at radius 2 is 2.06 bits per heavy atom. The molecule has 1 aromatic carbocycles. The number of aliphatic imine (C=N–C) groups is 1. The SMILES string of the molecule is C\C=C(/C=N\C(NC[C@@H]1C(C)CC(F)(F)CN1C(=O)c1cc(C#N)ccc1N)=C(\C)CC)C(F)(F)F. The molecule has 0 radical (unpaired) electrons. The van der Waals surface area contributed by atoms with E-state index in [1.807, 2.05) is 6.07 Å². The van der Waals surface area contributed by atoms with Gasteiger partial charge in [0.2, 0.25) is 0 Å². The van der Waals surface area contributed by atoms with Gasteiger partial charge in [0.1, 0.15) is 5.82 Å². The molecule has 3 N–H and O–H groups in total. The number of halogens is 5. The third-order valence-corrected chi connectivity index (χ3v) is 6.14. The van der Waals surface area contributed by atoms with Crippen molar-refractivity contribution in [1.82, 2.24) is 10.2 Å². The minimum absolute atomic E-state index is 0.0258. The molecule has 1 amide bonds. The monoisotopic (exact) mass is 511 g/mol. The maximum atomic E-state index is 14.5. The number of hydrogen-bond donors (Lipinski definition) is 2. The average molecular weight is 512 g/mol. The molecule has 36 heavy (non-hydrogen) atoms. The van der Waals surface area contributed by atoms with Crippen molar-refractivity contribution in [3.8, 4) is 6.07 Å². The van der Waals surface area contributed by atoms with E-state index in [1.165, 1.54) is 25.1 Å². The van der Waals surface area contributed by atoms with Crippen LogP contribution in [0.25, 0.3) is 0 Å². The number of hydrogen-bond acceptors (Lipinski definition) is 5. The molecule has 196 valence electrons. The van der Waals surface area contributed by atoms with E-state index in [4.69, 9.17) is 11.0 Å². The smallest absolute Gasteiger partial charge is 0.398 e. The Balaban J connectivity index is 2.38. The summed E-state index contributed by atoms with van der Waals surface area (Å²) < 4.78 is 68.3. The molecule has 2 rings (SSSR count). The molecule has 1 unspecified atom stereocenters. The quantitative estimate of drug-likeness (QED) is 0.290. The predicted molar refractivity (Wildman–Crippen MR) is 128 cm³/mol. The van der Waals surface area contributed by atoms with E-state index in [2.05, 4.69) is 10.3 Å². The van der Waals surface area contributed by atoms with Crippen LogP contribution in [-0.2, 0) is 0 Å². The highest BCUT2D eigenvalue weighted by Gasteiger charge is 2.46. The van der Waals surface area contributed by atoms with Gasteiger partial charge in [-0.3, -0.25) is 4.79 Å². The number of rotatable bonds is 7. The number of anilines is 1. The number of nitrogens with zero attached hydrogens (tertiary/aromatic N) is 3. The van der Waals surface area contributed by atoms with Crippen LogP contribution in [-0.4, -0.2) is 48.3 Å². The van der Waals surface area contributed by atoms with Crippen LogP contribution < -0.4 is 11.1 Å². The Kier molecular flexibility index (Phi) is 9.24. The number of allylic oxidation sites excluding steroid dienone is 3. The Morgan fingerprint density at radius 3 is 2.61 bits per heavy atom. The summed E-state index contributed by atoms with van der Waals surface area (Å²) in [6, 6.07) is 5.20. The first-order valence-electron chi connectivity index (χ1n) is 11.4. The van der Waals surface area contributed by atoms with Crippen molar-refractivity contribution >= 4 is 17.8 Å². The highest BCUT2D eigenvalue weighted by atomic mass is 19.4. The minimum atomic E-state index is -4.58.